The van der Waals surface area contributed by atoms with E-state index in [1.807, 2.05) is 30.3 Å². The molecule has 0 saturated carbocycles. The minimum Gasteiger partial charge on any atom is -0.397 e. The summed E-state index contributed by atoms with van der Waals surface area (Å²) < 4.78 is 0. The summed E-state index contributed by atoms with van der Waals surface area (Å²) in [6.07, 6.45) is 0. The Kier molecular flexibility index (Phi) is 3.02. The van der Waals surface area contributed by atoms with Crippen LogP contribution in [0.25, 0.3) is 0 Å². The zero-order valence-corrected chi connectivity index (χ0v) is 9.75. The number of anilines is 3. The van der Waals surface area contributed by atoms with Crippen molar-refractivity contribution in [1.82, 2.24) is 0 Å². The molecule has 0 aliphatic rings. The Bertz CT molecular complexity index is 492. The monoisotopic (exact) mass is 232 g/mol. The van der Waals surface area contributed by atoms with Crippen molar-refractivity contribution in [3.05, 3.63) is 53.1 Å². The van der Waals surface area contributed by atoms with E-state index in [9.17, 15) is 0 Å². The van der Waals surface area contributed by atoms with Gasteiger partial charge in [0, 0.05) is 10.7 Å². The van der Waals surface area contributed by atoms with Crippen LogP contribution in [-0.4, -0.2) is 0 Å². The predicted molar refractivity (Wildman–Crippen MR) is 70.3 cm³/mol. The lowest BCUT2D eigenvalue weighted by atomic mass is 10.2. The van der Waals surface area contributed by atoms with Gasteiger partial charge in [-0.15, -0.1) is 0 Å². The first-order valence-electron chi connectivity index (χ1n) is 5.04. The van der Waals surface area contributed by atoms with Crippen LogP contribution in [0.1, 0.15) is 5.56 Å². The lowest BCUT2D eigenvalue weighted by molar-refractivity contribution is 1.45. The lowest BCUT2D eigenvalue weighted by Gasteiger charge is -2.09. The Morgan fingerprint density at radius 1 is 1.06 bits per heavy atom. The van der Waals surface area contributed by atoms with Gasteiger partial charge in [0.25, 0.3) is 0 Å². The topological polar surface area (TPSA) is 38.0 Å². The fourth-order valence-corrected chi connectivity index (χ4v) is 1.60. The Morgan fingerprint density at radius 2 is 1.75 bits per heavy atom. The molecule has 0 aliphatic heterocycles. The van der Waals surface area contributed by atoms with Crippen molar-refractivity contribution in [3.63, 3.8) is 0 Å². The first-order valence-corrected chi connectivity index (χ1v) is 5.42. The predicted octanol–water partition coefficient (Wildman–Crippen LogP) is 3.97. The molecule has 0 saturated heterocycles. The Labute approximate surface area is 100 Å². The molecule has 0 aliphatic carbocycles. The number of hydrogen-bond acceptors (Lipinski definition) is 2. The molecule has 0 fully saturated rings. The number of nitrogens with one attached hydrogen (secondary N) is 1. The van der Waals surface area contributed by atoms with E-state index in [0.717, 1.165) is 11.4 Å². The average Bonchev–Trinajstić information content (AvgIpc) is 2.27. The highest BCUT2D eigenvalue weighted by molar-refractivity contribution is 6.31. The zero-order chi connectivity index (χ0) is 11.5. The second kappa shape index (κ2) is 4.45. The molecule has 3 N–H and O–H groups in total. The molecule has 2 rings (SSSR count). The molecule has 0 spiro atoms. The summed E-state index contributed by atoms with van der Waals surface area (Å²) in [5.41, 5.74) is 9.59. The zero-order valence-electron chi connectivity index (χ0n) is 9.00. The lowest BCUT2D eigenvalue weighted by Crippen LogP contribution is -1.95. The molecule has 0 bridgehead atoms. The highest BCUT2D eigenvalue weighted by Gasteiger charge is 2.00. The molecule has 82 valence electrons. The third-order valence-corrected chi connectivity index (χ3v) is 2.58. The van der Waals surface area contributed by atoms with E-state index in [-0.39, 0.29) is 0 Å². The summed E-state index contributed by atoms with van der Waals surface area (Å²) in [5.74, 6) is 0. The number of benzene rings is 2. The number of nitrogen functional groups attached to an aromatic ring is 1. The summed E-state index contributed by atoms with van der Waals surface area (Å²) in [5, 5.41) is 3.90. The van der Waals surface area contributed by atoms with E-state index in [1.165, 1.54) is 5.56 Å². The SMILES string of the molecule is Cc1ccc(Nc2cc(Cl)ccc2N)cc1. The molecule has 2 aromatic rings. The van der Waals surface area contributed by atoms with Crippen LogP contribution in [-0.2, 0) is 0 Å². The number of aryl methyl sites for hydroxylation is 1. The van der Waals surface area contributed by atoms with Crippen LogP contribution in [0, 0.1) is 6.92 Å². The summed E-state index contributed by atoms with van der Waals surface area (Å²) in [4.78, 5) is 0. The van der Waals surface area contributed by atoms with E-state index in [1.54, 1.807) is 12.1 Å². The largest absolute Gasteiger partial charge is 0.397 e. The van der Waals surface area contributed by atoms with E-state index >= 15 is 0 Å². The van der Waals surface area contributed by atoms with Gasteiger partial charge in [0.15, 0.2) is 0 Å². The molecular formula is C13H13ClN2. The van der Waals surface area contributed by atoms with Crippen LogP contribution in [0.3, 0.4) is 0 Å². The Balaban J connectivity index is 2.26. The second-order valence-electron chi connectivity index (χ2n) is 3.72. The summed E-state index contributed by atoms with van der Waals surface area (Å²) in [7, 11) is 0. The minimum atomic E-state index is 0.670. The molecule has 2 aromatic carbocycles. The van der Waals surface area contributed by atoms with Crippen molar-refractivity contribution >= 4 is 28.7 Å². The minimum absolute atomic E-state index is 0.670. The first-order chi connectivity index (χ1) is 7.65. The van der Waals surface area contributed by atoms with E-state index in [4.69, 9.17) is 17.3 Å². The van der Waals surface area contributed by atoms with Crippen molar-refractivity contribution in [3.8, 4) is 0 Å². The third kappa shape index (κ3) is 2.47. The number of rotatable bonds is 2. The third-order valence-electron chi connectivity index (χ3n) is 2.35. The molecule has 0 radical (unpaired) electrons. The van der Waals surface area contributed by atoms with Crippen LogP contribution >= 0.6 is 11.6 Å². The molecule has 0 heterocycles. The van der Waals surface area contributed by atoms with Gasteiger partial charge in [-0.1, -0.05) is 29.3 Å². The highest BCUT2D eigenvalue weighted by atomic mass is 35.5. The van der Waals surface area contributed by atoms with Crippen LogP contribution in [0.15, 0.2) is 42.5 Å². The van der Waals surface area contributed by atoms with Crippen LogP contribution < -0.4 is 11.1 Å². The highest BCUT2D eigenvalue weighted by Crippen LogP contribution is 2.26. The Morgan fingerprint density at radius 3 is 2.44 bits per heavy atom. The Hall–Kier alpha value is -1.67. The standard InChI is InChI=1S/C13H13ClN2/c1-9-2-5-11(6-3-9)16-13-8-10(14)4-7-12(13)15/h2-8,16H,15H2,1H3. The van der Waals surface area contributed by atoms with Crippen LogP contribution in [0.2, 0.25) is 5.02 Å². The molecule has 0 unspecified atom stereocenters. The van der Waals surface area contributed by atoms with E-state index in [0.29, 0.717) is 10.7 Å². The second-order valence-corrected chi connectivity index (χ2v) is 4.16. The molecule has 2 nitrogen and oxygen atoms in total. The summed E-state index contributed by atoms with van der Waals surface area (Å²) >= 11 is 5.91. The number of halogens is 1. The molecule has 3 heteroatoms. The smallest absolute Gasteiger partial charge is 0.0632 e. The molecular weight excluding hydrogens is 220 g/mol. The van der Waals surface area contributed by atoms with E-state index < -0.39 is 0 Å². The first kappa shape index (κ1) is 10.8. The fourth-order valence-electron chi connectivity index (χ4n) is 1.43. The fraction of sp³-hybridized carbons (Fsp3) is 0.0769. The average molecular weight is 233 g/mol. The van der Waals surface area contributed by atoms with Gasteiger partial charge in [0.05, 0.1) is 11.4 Å². The maximum Gasteiger partial charge on any atom is 0.0632 e. The number of hydrogen-bond donors (Lipinski definition) is 2. The van der Waals surface area contributed by atoms with Gasteiger partial charge in [-0.25, -0.2) is 0 Å². The maximum atomic E-state index is 5.91. The van der Waals surface area contributed by atoms with Crippen molar-refractivity contribution in [1.29, 1.82) is 0 Å². The molecule has 0 atom stereocenters. The molecule has 16 heavy (non-hydrogen) atoms. The molecule has 0 amide bonds. The molecule has 0 aromatic heterocycles. The van der Waals surface area contributed by atoms with Gasteiger partial charge in [-0.05, 0) is 37.3 Å². The van der Waals surface area contributed by atoms with Crippen molar-refractivity contribution in [2.45, 2.75) is 6.92 Å². The van der Waals surface area contributed by atoms with Crippen LogP contribution in [0.5, 0.6) is 0 Å². The van der Waals surface area contributed by atoms with Gasteiger partial charge < -0.3 is 11.1 Å². The normalized spacial score (nSPS) is 10.1. The number of nitrogens with two attached hydrogens (primary N) is 1. The summed E-state index contributed by atoms with van der Waals surface area (Å²) in [6, 6.07) is 13.5. The van der Waals surface area contributed by atoms with E-state index in [2.05, 4.69) is 12.2 Å². The van der Waals surface area contributed by atoms with Gasteiger partial charge in [-0.3, -0.25) is 0 Å². The van der Waals surface area contributed by atoms with Gasteiger partial charge in [0.2, 0.25) is 0 Å². The van der Waals surface area contributed by atoms with Gasteiger partial charge in [0.1, 0.15) is 0 Å². The van der Waals surface area contributed by atoms with Crippen LogP contribution in [0.4, 0.5) is 17.1 Å². The van der Waals surface area contributed by atoms with Gasteiger partial charge in [-0.2, -0.15) is 0 Å². The van der Waals surface area contributed by atoms with Gasteiger partial charge >= 0.3 is 0 Å². The van der Waals surface area contributed by atoms with Crippen molar-refractivity contribution in [2.75, 3.05) is 11.1 Å². The van der Waals surface area contributed by atoms with Crippen molar-refractivity contribution in [2.24, 2.45) is 0 Å². The summed E-state index contributed by atoms with van der Waals surface area (Å²) in [6.45, 7) is 2.05. The maximum absolute atomic E-state index is 5.91. The quantitative estimate of drug-likeness (QED) is 0.769. The van der Waals surface area contributed by atoms with Crippen molar-refractivity contribution < 1.29 is 0 Å².